The lowest BCUT2D eigenvalue weighted by Crippen LogP contribution is -2.40. The molecule has 0 heterocycles. The molecule has 500 valence electrons. The first-order valence-corrected chi connectivity index (χ1v) is 36.1. The summed E-state index contributed by atoms with van der Waals surface area (Å²) in [4.78, 5) is 37.7. The van der Waals surface area contributed by atoms with Gasteiger partial charge in [0.25, 0.3) is 6.29 Å². The van der Waals surface area contributed by atoms with E-state index in [4.69, 9.17) is 18.9 Å². The number of carbonyl (C=O) groups is 3. The summed E-state index contributed by atoms with van der Waals surface area (Å²) in [6.07, 6.45) is 92.0. The van der Waals surface area contributed by atoms with Crippen LogP contribution in [0.4, 0.5) is 0 Å². The molecule has 1 N–H and O–H groups in total. The van der Waals surface area contributed by atoms with E-state index < -0.39 is 24.3 Å². The second-order valence-electron chi connectivity index (χ2n) is 25.2. The predicted octanol–water partition coefficient (Wildman–Crippen LogP) is 22.6. The van der Waals surface area contributed by atoms with Crippen LogP contribution in [0.15, 0.2) is 109 Å². The highest BCUT2D eigenvalue weighted by molar-refractivity contribution is 5.71. The van der Waals surface area contributed by atoms with E-state index in [9.17, 15) is 19.5 Å². The lowest BCUT2D eigenvalue weighted by Gasteiger charge is -2.25. The zero-order chi connectivity index (χ0) is 63.3. The number of aliphatic carboxylic acids is 1. The van der Waals surface area contributed by atoms with Crippen LogP contribution in [0.1, 0.15) is 309 Å². The summed E-state index contributed by atoms with van der Waals surface area (Å²) in [7, 11) is 5.98. The van der Waals surface area contributed by atoms with Gasteiger partial charge in [0.1, 0.15) is 13.2 Å². The van der Waals surface area contributed by atoms with Gasteiger partial charge in [-0.2, -0.15) is 0 Å². The molecule has 87 heavy (non-hydrogen) atoms. The standard InChI is InChI=1S/C78H135NO8/c1-6-8-10-12-14-16-18-20-22-24-26-28-30-32-34-36-37-38-39-41-43-45-47-49-51-53-55-57-59-61-63-65-67-69-76(81)87-74(73-86-78(77(82)83)84-71-70-79(3,4)5)72-85-75(80)68-66-64-62-60-58-56-54-52-50-48-46-44-42-40-35-33-31-29-27-25-23-21-19-17-15-13-11-9-7-2/h8,10,14,16,19-22,25-28,32,34,37-38,41,43,74,78H,6-7,9,11-13,15,17-18,23-24,29-31,33,35-36,39-40,42,44-73H2,1-5H3/p+1/b10-8-,16-14-,21-19-,22-20-,27-25-,28-26-,34-32-,38-37-,43-41-. The van der Waals surface area contributed by atoms with Crippen molar-refractivity contribution in [3.05, 3.63) is 109 Å². The molecule has 0 fully saturated rings. The fourth-order valence-corrected chi connectivity index (χ4v) is 10.0. The van der Waals surface area contributed by atoms with Crippen molar-refractivity contribution in [3.8, 4) is 0 Å². The van der Waals surface area contributed by atoms with Crippen LogP contribution in [0.25, 0.3) is 0 Å². The van der Waals surface area contributed by atoms with E-state index in [2.05, 4.69) is 123 Å². The first-order chi connectivity index (χ1) is 42.6. The minimum absolute atomic E-state index is 0.184. The molecule has 0 radical (unpaired) electrons. The van der Waals surface area contributed by atoms with Gasteiger partial charge in [0.15, 0.2) is 6.10 Å². The zero-order valence-corrected chi connectivity index (χ0v) is 57.2. The van der Waals surface area contributed by atoms with Gasteiger partial charge in [-0.25, -0.2) is 4.79 Å². The molecule has 0 aliphatic carbocycles. The van der Waals surface area contributed by atoms with Gasteiger partial charge in [-0.3, -0.25) is 9.59 Å². The van der Waals surface area contributed by atoms with Crippen LogP contribution in [0.5, 0.6) is 0 Å². The number of rotatable bonds is 66. The number of hydrogen-bond acceptors (Lipinski definition) is 7. The van der Waals surface area contributed by atoms with Crippen molar-refractivity contribution in [2.75, 3.05) is 47.5 Å². The number of unbranched alkanes of at least 4 members (excludes halogenated alkanes) is 33. The molecule has 0 rings (SSSR count). The number of nitrogens with zero attached hydrogens (tertiary/aromatic N) is 1. The molecular weight excluding hydrogens is 1080 g/mol. The van der Waals surface area contributed by atoms with Crippen LogP contribution in [-0.4, -0.2) is 87.4 Å². The third-order valence-electron chi connectivity index (χ3n) is 15.5. The molecule has 0 aromatic rings. The van der Waals surface area contributed by atoms with Crippen LogP contribution in [0.3, 0.4) is 0 Å². The number of hydrogen-bond donors (Lipinski definition) is 1. The van der Waals surface area contributed by atoms with Gasteiger partial charge in [0.05, 0.1) is 34.4 Å². The lowest BCUT2D eigenvalue weighted by atomic mass is 10.0. The average molecular weight is 1220 g/mol. The number of allylic oxidation sites excluding steroid dienone is 18. The maximum absolute atomic E-state index is 13.0. The van der Waals surface area contributed by atoms with Crippen molar-refractivity contribution in [1.29, 1.82) is 0 Å². The van der Waals surface area contributed by atoms with Crippen molar-refractivity contribution < 1.29 is 42.9 Å². The van der Waals surface area contributed by atoms with E-state index in [1.165, 1.54) is 180 Å². The Morgan fingerprint density at radius 2 is 0.655 bits per heavy atom. The molecular formula is C78H136NO8+. The minimum Gasteiger partial charge on any atom is -0.477 e. The van der Waals surface area contributed by atoms with Crippen LogP contribution < -0.4 is 0 Å². The van der Waals surface area contributed by atoms with Gasteiger partial charge in [0.2, 0.25) is 0 Å². The molecule has 2 unspecified atom stereocenters. The summed E-state index contributed by atoms with van der Waals surface area (Å²) in [5.41, 5.74) is 0. The van der Waals surface area contributed by atoms with Gasteiger partial charge in [-0.05, 0) is 103 Å². The summed E-state index contributed by atoms with van der Waals surface area (Å²) in [6.45, 7) is 4.78. The van der Waals surface area contributed by atoms with E-state index in [-0.39, 0.29) is 32.2 Å². The van der Waals surface area contributed by atoms with Crippen molar-refractivity contribution in [3.63, 3.8) is 0 Å². The monoisotopic (exact) mass is 1220 g/mol. The number of quaternary nitrogens is 1. The molecule has 0 aromatic carbocycles. The Labute approximate surface area is 536 Å². The highest BCUT2D eigenvalue weighted by Gasteiger charge is 2.25. The Bertz CT molecular complexity index is 1800. The van der Waals surface area contributed by atoms with Gasteiger partial charge in [-0.1, -0.05) is 303 Å². The smallest absolute Gasteiger partial charge is 0.361 e. The van der Waals surface area contributed by atoms with Crippen LogP contribution in [0, 0.1) is 0 Å². The molecule has 0 bridgehead atoms. The van der Waals surface area contributed by atoms with Crippen LogP contribution >= 0.6 is 0 Å². The number of carbonyl (C=O) groups excluding carboxylic acids is 2. The summed E-state index contributed by atoms with van der Waals surface area (Å²) in [5.74, 6) is -2.00. The normalized spacial score (nSPS) is 13.3. The molecule has 2 atom stereocenters. The minimum atomic E-state index is -1.52. The SMILES string of the molecule is CC/C=C\C/C=C\C/C=C\C/C=C\C/C=C\C/C=C\C/C=C\CCCCCCCCCCCCCC(=O)OC(COC(=O)CCCCCCCCCCCCCCCCCCC/C=C\C/C=C\CCCCCCC)COC(OCC[N+](C)(C)C)C(=O)O. The number of carboxylic acids is 1. The predicted molar refractivity (Wildman–Crippen MR) is 373 cm³/mol. The van der Waals surface area contributed by atoms with Crippen LogP contribution in [-0.2, 0) is 33.3 Å². The summed E-state index contributed by atoms with van der Waals surface area (Å²) >= 11 is 0. The fourth-order valence-electron chi connectivity index (χ4n) is 10.0. The topological polar surface area (TPSA) is 108 Å². The van der Waals surface area contributed by atoms with Gasteiger partial charge in [0, 0.05) is 12.8 Å². The maximum Gasteiger partial charge on any atom is 0.361 e. The second-order valence-corrected chi connectivity index (χ2v) is 25.2. The number of carboxylic acid groups (broad SMARTS) is 1. The van der Waals surface area contributed by atoms with E-state index in [1.54, 1.807) is 0 Å². The second kappa shape index (κ2) is 67.9. The number of esters is 2. The van der Waals surface area contributed by atoms with Gasteiger partial charge < -0.3 is 28.5 Å². The summed E-state index contributed by atoms with van der Waals surface area (Å²) in [5, 5.41) is 9.75. The third-order valence-corrected chi connectivity index (χ3v) is 15.5. The Morgan fingerprint density at radius 3 is 0.977 bits per heavy atom. The average Bonchev–Trinajstić information content (AvgIpc) is 3.59. The largest absolute Gasteiger partial charge is 0.477 e. The molecule has 0 aromatic heterocycles. The lowest BCUT2D eigenvalue weighted by molar-refractivity contribution is -0.870. The Morgan fingerprint density at radius 1 is 0.356 bits per heavy atom. The third kappa shape index (κ3) is 69.3. The Balaban J connectivity index is 4.12. The first kappa shape index (κ1) is 83.0. The Kier molecular flexibility index (Phi) is 64.7. The zero-order valence-electron chi connectivity index (χ0n) is 57.2. The quantitative estimate of drug-likeness (QED) is 0.0211. The molecule has 0 spiro atoms. The molecule has 9 heteroatoms. The van der Waals surface area contributed by atoms with Gasteiger partial charge in [-0.15, -0.1) is 0 Å². The van der Waals surface area contributed by atoms with Crippen molar-refractivity contribution in [2.45, 2.75) is 322 Å². The summed E-state index contributed by atoms with van der Waals surface area (Å²) in [6, 6.07) is 0. The van der Waals surface area contributed by atoms with E-state index in [0.717, 1.165) is 96.3 Å². The molecule has 0 saturated heterocycles. The van der Waals surface area contributed by atoms with E-state index in [1.807, 2.05) is 21.1 Å². The molecule has 9 nitrogen and oxygen atoms in total. The van der Waals surface area contributed by atoms with Crippen molar-refractivity contribution in [2.24, 2.45) is 0 Å². The molecule has 0 amide bonds. The number of likely N-dealkylation sites (N-methyl/N-ethyl adjacent to an activating group) is 1. The molecule has 0 saturated carbocycles. The fraction of sp³-hybridized carbons (Fsp3) is 0.731. The summed E-state index contributed by atoms with van der Waals surface area (Å²) < 4.78 is 23.0. The Hall–Kier alpha value is -4.05. The highest BCUT2D eigenvalue weighted by atomic mass is 16.7. The van der Waals surface area contributed by atoms with E-state index >= 15 is 0 Å². The van der Waals surface area contributed by atoms with Crippen molar-refractivity contribution >= 4 is 17.9 Å². The maximum atomic E-state index is 13.0. The van der Waals surface area contributed by atoms with Crippen molar-refractivity contribution in [1.82, 2.24) is 0 Å². The van der Waals surface area contributed by atoms with E-state index in [0.29, 0.717) is 23.9 Å². The number of ether oxygens (including phenoxy) is 4. The van der Waals surface area contributed by atoms with Gasteiger partial charge >= 0.3 is 17.9 Å². The van der Waals surface area contributed by atoms with Crippen LogP contribution in [0.2, 0.25) is 0 Å². The molecule has 0 aliphatic rings. The molecule has 0 aliphatic heterocycles. The highest BCUT2D eigenvalue weighted by Crippen LogP contribution is 2.17. The first-order valence-electron chi connectivity index (χ1n) is 36.1.